The van der Waals surface area contributed by atoms with E-state index < -0.39 is 5.97 Å². The zero-order valence-electron chi connectivity index (χ0n) is 18.6. The van der Waals surface area contributed by atoms with E-state index in [2.05, 4.69) is 36.9 Å². The number of allylic oxidation sites excluding steroid dienone is 3. The van der Waals surface area contributed by atoms with Crippen LogP contribution in [0.4, 0.5) is 0 Å². The second-order valence-corrected chi connectivity index (χ2v) is 9.95. The van der Waals surface area contributed by atoms with Gasteiger partial charge in [0, 0.05) is 16.9 Å². The lowest BCUT2D eigenvalue weighted by atomic mass is 9.75. The number of rotatable bonds is 13. The summed E-state index contributed by atoms with van der Waals surface area (Å²) < 4.78 is 6.37. The Hall–Kier alpha value is -0.390. The third-order valence-corrected chi connectivity index (χ3v) is 7.11. The molecule has 3 fully saturated rings. The Morgan fingerprint density at radius 1 is 1.29 bits per heavy atom. The molecular formula is C23H40O3S2. The largest absolute Gasteiger partial charge is 0.481 e. The van der Waals surface area contributed by atoms with Crippen LogP contribution in [-0.2, 0) is 4.79 Å². The minimum absolute atomic E-state index is 0.259. The number of carboxylic acids is 1. The maximum Gasteiger partial charge on any atom is 0.303 e. The first-order chi connectivity index (χ1) is 14.0. The van der Waals surface area contributed by atoms with Crippen LogP contribution < -0.4 is 0 Å². The second-order valence-electron chi connectivity index (χ2n) is 7.83. The highest BCUT2D eigenvalue weighted by molar-refractivity contribution is 8.01. The molecule has 5 heteroatoms. The summed E-state index contributed by atoms with van der Waals surface area (Å²) in [6, 6.07) is 0. The molecule has 1 saturated carbocycles. The first-order valence-corrected chi connectivity index (χ1v) is 12.5. The molecule has 3 aliphatic rings. The molecule has 2 bridgehead atoms. The molecule has 0 radical (unpaired) electrons. The van der Waals surface area contributed by atoms with E-state index in [0.29, 0.717) is 11.8 Å². The summed E-state index contributed by atoms with van der Waals surface area (Å²) in [5, 5.41) is 20.4. The van der Waals surface area contributed by atoms with Gasteiger partial charge in [-0.15, -0.1) is 0 Å². The van der Waals surface area contributed by atoms with E-state index in [4.69, 9.17) is 6.23 Å². The molecule has 2 N–H and O–H groups in total. The van der Waals surface area contributed by atoms with Crippen molar-refractivity contribution in [1.29, 1.82) is 1.12 Å². The van der Waals surface area contributed by atoms with Gasteiger partial charge < -0.3 is 10.2 Å². The Bertz CT molecular complexity index is 491. The topological polar surface area (TPSA) is 57.5 Å². The molecule has 0 spiro atoms. The molecule has 0 aromatic rings. The predicted octanol–water partition coefficient (Wildman–Crippen LogP) is 6.13. The molecule has 1 aliphatic carbocycles. The molecule has 2 heterocycles. The highest BCUT2D eigenvalue weighted by Crippen LogP contribution is 2.54. The normalized spacial score (nSPS) is 27.8. The molecule has 3 rings (SSSR count). The molecule has 28 heavy (non-hydrogen) atoms. The van der Waals surface area contributed by atoms with Crippen LogP contribution in [0, 0.1) is 11.8 Å². The van der Waals surface area contributed by atoms with Gasteiger partial charge in [-0.2, -0.15) is 24.3 Å². The van der Waals surface area contributed by atoms with Crippen molar-refractivity contribution in [1.82, 2.24) is 0 Å². The fourth-order valence-corrected chi connectivity index (χ4v) is 5.58. The Labute approximate surface area is 182 Å². The van der Waals surface area contributed by atoms with Crippen LogP contribution >= 0.6 is 24.3 Å². The molecule has 3 nitrogen and oxygen atoms in total. The molecule has 0 aromatic heterocycles. The summed E-state index contributed by atoms with van der Waals surface area (Å²) in [7, 11) is 0. The number of aliphatic hydroxyl groups excluding tert-OH is 1. The number of unbranched alkanes of at least 4 members (excludes halogenated alkanes) is 3. The Kier molecular flexibility index (Phi) is 13.2. The van der Waals surface area contributed by atoms with Gasteiger partial charge in [-0.05, 0) is 56.1 Å². The monoisotopic (exact) mass is 430 g/mol. The minimum atomic E-state index is -0.708. The molecule has 2 aliphatic heterocycles. The van der Waals surface area contributed by atoms with Gasteiger partial charge in [0.25, 0.3) is 0 Å². The number of thioether (sulfide) groups is 1. The van der Waals surface area contributed by atoms with E-state index >= 15 is 0 Å². The van der Waals surface area contributed by atoms with Crippen molar-refractivity contribution in [2.45, 2.75) is 94.7 Å². The van der Waals surface area contributed by atoms with Gasteiger partial charge in [-0.25, -0.2) is 0 Å². The smallest absolute Gasteiger partial charge is 0.303 e. The number of hydrogen-bond acceptors (Lipinski definition) is 4. The average molecular weight is 431 g/mol. The van der Waals surface area contributed by atoms with Gasteiger partial charge in [-0.1, -0.05) is 57.4 Å². The van der Waals surface area contributed by atoms with E-state index in [1.807, 2.05) is 13.0 Å². The number of hydrogen-bond donors (Lipinski definition) is 3. The quantitative estimate of drug-likeness (QED) is 0.187. The summed E-state index contributed by atoms with van der Waals surface area (Å²) in [4.78, 5) is 10.5. The summed E-state index contributed by atoms with van der Waals surface area (Å²) in [6.45, 7) is 4.14. The number of carbonyl (C=O) groups is 1. The van der Waals surface area contributed by atoms with Crippen LogP contribution in [0.5, 0.6) is 0 Å². The van der Waals surface area contributed by atoms with Gasteiger partial charge in [0.2, 0.25) is 0 Å². The van der Waals surface area contributed by atoms with Crippen LogP contribution in [0.2, 0.25) is 0 Å². The Balaban J connectivity index is 0.000000960. The number of aliphatic carboxylic acids is 1. The molecule has 1 unspecified atom stereocenters. The van der Waals surface area contributed by atoms with E-state index in [0.717, 1.165) is 60.9 Å². The van der Waals surface area contributed by atoms with Gasteiger partial charge in [0.15, 0.2) is 0 Å². The summed E-state index contributed by atoms with van der Waals surface area (Å²) >= 11 is 3.25. The van der Waals surface area contributed by atoms with Crippen molar-refractivity contribution in [3.8, 4) is 0 Å². The lowest BCUT2D eigenvalue weighted by Gasteiger charge is -2.49. The van der Waals surface area contributed by atoms with Crippen molar-refractivity contribution >= 4 is 30.3 Å². The lowest BCUT2D eigenvalue weighted by molar-refractivity contribution is -0.137. The number of thiol groups is 1. The Morgan fingerprint density at radius 2 is 2.04 bits per heavy atom. The standard InChI is InChI=1S/C21H34O3S.C2H6S/c1-2-3-6-9-17(22)13-12-16-14-18-15-20(25-18)19(16)10-7-4-5-8-11-21(23)24;1-2-3/h4,7,12-13,16-20,22H,2-3,5-6,8-11,14-15H2,1H3,(H,23,24);3H,2H2,1H3/b7-4-,13-12+;/t16?,17-,18-,19+,20-;/m0./s1/i/hT. The number of fused-ring (bicyclic) bond motifs is 2. The van der Waals surface area contributed by atoms with Crippen LogP contribution in [0.3, 0.4) is 0 Å². The maximum atomic E-state index is 10.5. The van der Waals surface area contributed by atoms with Crippen molar-refractivity contribution in [3.05, 3.63) is 24.3 Å². The van der Waals surface area contributed by atoms with Gasteiger partial charge in [0.1, 0.15) is 1.12 Å². The maximum absolute atomic E-state index is 10.5. The van der Waals surface area contributed by atoms with E-state index in [1.54, 1.807) is 0 Å². The van der Waals surface area contributed by atoms with Crippen molar-refractivity contribution in [2.24, 2.45) is 11.8 Å². The van der Waals surface area contributed by atoms with E-state index in [9.17, 15) is 9.90 Å². The first kappa shape index (κ1) is 23.9. The fourth-order valence-electron chi connectivity index (χ4n) is 3.94. The molecule has 162 valence electrons. The highest BCUT2D eigenvalue weighted by Gasteiger charge is 2.44. The zero-order valence-corrected chi connectivity index (χ0v) is 19.2. The van der Waals surface area contributed by atoms with E-state index in [-0.39, 0.29) is 12.5 Å². The molecule has 0 aromatic carbocycles. The molecule has 0 amide bonds. The molecule has 5 atom stereocenters. The molecule has 2 saturated heterocycles. The van der Waals surface area contributed by atoms with Crippen LogP contribution in [0.1, 0.15) is 78.1 Å². The summed E-state index contributed by atoms with van der Waals surface area (Å²) in [5.41, 5.74) is 0. The average Bonchev–Trinajstić information content (AvgIpc) is 2.68. The SMILES string of the molecule is CCCCC[C@H](O)/C=C/C1C[C@H]2C[C@H](S2)[C@@H]1C/C=C\CCCC(=O)O.[3H]SCC. The fraction of sp³-hybridized carbons (Fsp3) is 0.783. The third-order valence-electron chi connectivity index (χ3n) is 5.45. The summed E-state index contributed by atoms with van der Waals surface area (Å²) in [5.74, 6) is 1.46. The van der Waals surface area contributed by atoms with Gasteiger partial charge in [0.05, 0.1) is 6.10 Å². The van der Waals surface area contributed by atoms with Crippen molar-refractivity contribution in [2.75, 3.05) is 5.75 Å². The van der Waals surface area contributed by atoms with Crippen molar-refractivity contribution < 1.29 is 15.0 Å². The molecular weight excluding hydrogens is 388 g/mol. The second kappa shape index (κ2) is 15.4. The number of carboxylic acid groups (broad SMARTS) is 1. The highest BCUT2D eigenvalue weighted by atomic mass is 32.2. The van der Waals surface area contributed by atoms with Gasteiger partial charge >= 0.3 is 5.97 Å². The first-order valence-electron chi connectivity index (χ1n) is 11.4. The third kappa shape index (κ3) is 10.4. The van der Waals surface area contributed by atoms with Crippen LogP contribution in [0.15, 0.2) is 24.3 Å². The summed E-state index contributed by atoms with van der Waals surface area (Å²) in [6.07, 6.45) is 18.4. The Morgan fingerprint density at radius 3 is 2.68 bits per heavy atom. The number of aliphatic hydroxyl groups is 1. The zero-order chi connectivity index (χ0) is 21.5. The van der Waals surface area contributed by atoms with Crippen LogP contribution in [-0.4, -0.2) is 39.7 Å². The minimum Gasteiger partial charge on any atom is -0.481 e. The van der Waals surface area contributed by atoms with Crippen molar-refractivity contribution in [3.63, 3.8) is 0 Å². The van der Waals surface area contributed by atoms with Crippen LogP contribution in [0.25, 0.3) is 0 Å². The lowest BCUT2D eigenvalue weighted by Crippen LogP contribution is -2.44. The van der Waals surface area contributed by atoms with Gasteiger partial charge in [-0.3, -0.25) is 4.79 Å². The van der Waals surface area contributed by atoms with E-state index in [1.165, 1.54) is 25.7 Å². The predicted molar refractivity (Wildman–Crippen MR) is 125 cm³/mol.